The Morgan fingerprint density at radius 1 is 1.50 bits per heavy atom. The molecule has 0 fully saturated rings. The van der Waals surface area contributed by atoms with Gasteiger partial charge in [-0.2, -0.15) is 0 Å². The lowest BCUT2D eigenvalue weighted by molar-refractivity contribution is 1.46. The highest BCUT2D eigenvalue weighted by atomic mass is 35.5. The summed E-state index contributed by atoms with van der Waals surface area (Å²) in [7, 11) is 0. The average Bonchev–Trinajstić information content (AvgIpc) is 2.63. The molecule has 0 aliphatic carbocycles. The maximum absolute atomic E-state index is 5.91. The number of anilines is 1. The number of alkyl halides is 1. The van der Waals surface area contributed by atoms with Gasteiger partial charge in [-0.1, -0.05) is 6.07 Å². The van der Waals surface area contributed by atoms with Crippen molar-refractivity contribution in [1.82, 2.24) is 0 Å². The topological polar surface area (TPSA) is 26.0 Å². The first-order chi connectivity index (χ1) is 6.76. The molecule has 0 spiro atoms. The van der Waals surface area contributed by atoms with Crippen LogP contribution in [0.1, 0.15) is 5.56 Å². The molecular weight excluding hydrogens is 234 g/mol. The fraction of sp³-hybridized carbons (Fsp3) is 0.200. The summed E-state index contributed by atoms with van der Waals surface area (Å²) in [6.45, 7) is 0. The van der Waals surface area contributed by atoms with Gasteiger partial charge in [0.1, 0.15) is 0 Å². The highest BCUT2D eigenvalue weighted by Gasteiger charge is 2.07. The van der Waals surface area contributed by atoms with E-state index in [1.54, 1.807) is 23.1 Å². The molecule has 0 radical (unpaired) electrons. The Balaban J connectivity index is 2.74. The number of rotatable bonds is 2. The minimum atomic E-state index is 0.543. The van der Waals surface area contributed by atoms with Gasteiger partial charge in [0.05, 0.1) is 8.91 Å². The van der Waals surface area contributed by atoms with Crippen LogP contribution >= 0.6 is 34.7 Å². The van der Waals surface area contributed by atoms with Gasteiger partial charge in [0.25, 0.3) is 0 Å². The third-order valence-corrected chi connectivity index (χ3v) is 4.66. The Bertz CT molecular complexity index is 464. The van der Waals surface area contributed by atoms with E-state index in [4.69, 9.17) is 17.3 Å². The van der Waals surface area contributed by atoms with Gasteiger partial charge >= 0.3 is 0 Å². The molecule has 2 aromatic rings. The van der Waals surface area contributed by atoms with E-state index in [0.717, 1.165) is 16.0 Å². The molecule has 2 rings (SSSR count). The molecule has 4 heteroatoms. The number of nitrogen functional groups attached to an aromatic ring is 1. The zero-order valence-corrected chi connectivity index (χ0v) is 10.1. The van der Waals surface area contributed by atoms with Crippen LogP contribution in [0.2, 0.25) is 0 Å². The summed E-state index contributed by atoms with van der Waals surface area (Å²) in [5, 5.41) is 1.20. The lowest BCUT2D eigenvalue weighted by Gasteiger charge is -2.00. The number of nitrogens with two attached hydrogens (primary N) is 1. The van der Waals surface area contributed by atoms with Crippen LogP contribution in [0.5, 0.6) is 0 Å². The van der Waals surface area contributed by atoms with E-state index < -0.39 is 0 Å². The molecule has 2 N–H and O–H groups in total. The number of thioether (sulfide) groups is 1. The molecule has 0 aliphatic rings. The summed E-state index contributed by atoms with van der Waals surface area (Å²) in [5.74, 6) is 0.543. The van der Waals surface area contributed by atoms with E-state index in [9.17, 15) is 0 Å². The van der Waals surface area contributed by atoms with E-state index in [0.29, 0.717) is 5.88 Å². The number of benzene rings is 1. The van der Waals surface area contributed by atoms with Crippen LogP contribution in [0.4, 0.5) is 5.69 Å². The Morgan fingerprint density at radius 3 is 2.93 bits per heavy atom. The summed E-state index contributed by atoms with van der Waals surface area (Å²) >= 11 is 9.34. The Labute approximate surface area is 96.2 Å². The minimum Gasteiger partial charge on any atom is -0.398 e. The predicted molar refractivity (Wildman–Crippen MR) is 67.6 cm³/mol. The van der Waals surface area contributed by atoms with Gasteiger partial charge in [-0.3, -0.25) is 0 Å². The molecule has 0 aliphatic heterocycles. The first kappa shape index (κ1) is 10.1. The van der Waals surface area contributed by atoms with Crippen LogP contribution in [0.3, 0.4) is 0 Å². The second-order valence-electron chi connectivity index (χ2n) is 2.96. The van der Waals surface area contributed by atoms with Gasteiger partial charge in [-0.05, 0) is 24.0 Å². The molecule has 0 unspecified atom stereocenters. The molecule has 0 amide bonds. The van der Waals surface area contributed by atoms with Gasteiger partial charge < -0.3 is 5.73 Å². The van der Waals surface area contributed by atoms with Gasteiger partial charge in [0.2, 0.25) is 0 Å². The maximum atomic E-state index is 5.91. The van der Waals surface area contributed by atoms with Crippen molar-refractivity contribution in [3.05, 3.63) is 23.8 Å². The third kappa shape index (κ3) is 1.60. The normalized spacial score (nSPS) is 11.0. The van der Waals surface area contributed by atoms with E-state index in [1.165, 1.54) is 9.60 Å². The summed E-state index contributed by atoms with van der Waals surface area (Å²) in [5.41, 5.74) is 7.91. The van der Waals surface area contributed by atoms with Crippen LogP contribution in [-0.4, -0.2) is 6.26 Å². The van der Waals surface area contributed by atoms with Gasteiger partial charge in [0, 0.05) is 17.0 Å². The molecule has 1 nitrogen and oxygen atoms in total. The molecule has 1 aromatic heterocycles. The molecule has 74 valence electrons. The molecule has 0 saturated heterocycles. The maximum Gasteiger partial charge on any atom is 0.0609 e. The van der Waals surface area contributed by atoms with Crippen LogP contribution in [0.25, 0.3) is 10.1 Å². The zero-order valence-electron chi connectivity index (χ0n) is 7.71. The lowest BCUT2D eigenvalue weighted by Crippen LogP contribution is -1.86. The summed E-state index contributed by atoms with van der Waals surface area (Å²) in [6.07, 6.45) is 2.07. The van der Waals surface area contributed by atoms with E-state index in [-0.39, 0.29) is 0 Å². The largest absolute Gasteiger partial charge is 0.398 e. The van der Waals surface area contributed by atoms with E-state index >= 15 is 0 Å². The summed E-state index contributed by atoms with van der Waals surface area (Å²) < 4.78 is 2.44. The number of thiophene rings is 1. The Hall–Kier alpha value is -0.380. The van der Waals surface area contributed by atoms with E-state index in [2.05, 4.69) is 12.3 Å². The van der Waals surface area contributed by atoms with Gasteiger partial charge in [0.15, 0.2) is 0 Å². The Kier molecular flexibility index (Phi) is 2.91. The van der Waals surface area contributed by atoms with Crippen molar-refractivity contribution in [2.24, 2.45) is 0 Å². The zero-order chi connectivity index (χ0) is 10.1. The van der Waals surface area contributed by atoms with Crippen molar-refractivity contribution in [2.45, 2.75) is 10.1 Å². The van der Waals surface area contributed by atoms with Gasteiger partial charge in [-0.25, -0.2) is 0 Å². The first-order valence-corrected chi connectivity index (χ1v) is 6.74. The van der Waals surface area contributed by atoms with Crippen molar-refractivity contribution in [3.8, 4) is 0 Å². The van der Waals surface area contributed by atoms with E-state index in [1.807, 2.05) is 12.1 Å². The Morgan fingerprint density at radius 2 is 2.29 bits per heavy atom. The van der Waals surface area contributed by atoms with Gasteiger partial charge in [-0.15, -0.1) is 34.7 Å². The highest BCUT2D eigenvalue weighted by Crippen LogP contribution is 2.37. The lowest BCUT2D eigenvalue weighted by atomic mass is 10.1. The smallest absolute Gasteiger partial charge is 0.0609 e. The summed E-state index contributed by atoms with van der Waals surface area (Å²) in [4.78, 5) is 0. The van der Waals surface area contributed by atoms with Crippen LogP contribution < -0.4 is 5.73 Å². The predicted octanol–water partition coefficient (Wildman–Crippen LogP) is 3.94. The standard InChI is InChI=1S/C10H10ClNS2/c1-13-9-4-7-6(5-11)2-3-8(12)10(7)14-9/h2-4H,5,12H2,1H3. The van der Waals surface area contributed by atoms with Crippen molar-refractivity contribution in [3.63, 3.8) is 0 Å². The highest BCUT2D eigenvalue weighted by molar-refractivity contribution is 8.00. The second kappa shape index (κ2) is 4.01. The van der Waals surface area contributed by atoms with Crippen LogP contribution in [-0.2, 0) is 5.88 Å². The third-order valence-electron chi connectivity index (χ3n) is 2.13. The SMILES string of the molecule is CSc1cc2c(CCl)ccc(N)c2s1. The fourth-order valence-corrected chi connectivity index (χ4v) is 3.31. The van der Waals surface area contributed by atoms with Crippen molar-refractivity contribution < 1.29 is 0 Å². The quantitative estimate of drug-likeness (QED) is 0.491. The van der Waals surface area contributed by atoms with Crippen molar-refractivity contribution in [1.29, 1.82) is 0 Å². The average molecular weight is 244 g/mol. The number of halogens is 1. The van der Waals surface area contributed by atoms with Crippen LogP contribution in [0, 0.1) is 0 Å². The number of fused-ring (bicyclic) bond motifs is 1. The number of hydrogen-bond acceptors (Lipinski definition) is 3. The van der Waals surface area contributed by atoms with Crippen molar-refractivity contribution in [2.75, 3.05) is 12.0 Å². The summed E-state index contributed by atoms with van der Waals surface area (Å²) in [6, 6.07) is 6.10. The molecule has 0 bridgehead atoms. The molecule has 0 atom stereocenters. The molecule has 0 saturated carbocycles. The van der Waals surface area contributed by atoms with Crippen LogP contribution in [0.15, 0.2) is 22.4 Å². The first-order valence-electron chi connectivity index (χ1n) is 4.17. The van der Waals surface area contributed by atoms with Crippen molar-refractivity contribution >= 4 is 50.5 Å². The second-order valence-corrected chi connectivity index (χ2v) is 5.39. The molecule has 14 heavy (non-hydrogen) atoms. The minimum absolute atomic E-state index is 0.543. The molecule has 1 heterocycles. The fourth-order valence-electron chi connectivity index (χ4n) is 1.39. The monoisotopic (exact) mass is 243 g/mol. The number of hydrogen-bond donors (Lipinski definition) is 1. The molecular formula is C10H10ClNS2. The molecule has 1 aromatic carbocycles.